The van der Waals surface area contributed by atoms with Crippen molar-refractivity contribution < 1.29 is 5.11 Å². The van der Waals surface area contributed by atoms with Gasteiger partial charge >= 0.3 is 0 Å². The fourth-order valence-corrected chi connectivity index (χ4v) is 3.97. The predicted molar refractivity (Wildman–Crippen MR) is 105 cm³/mol. The number of hydrogen-bond acceptors (Lipinski definition) is 5. The van der Waals surface area contributed by atoms with Gasteiger partial charge in [-0.05, 0) is 38.0 Å². The van der Waals surface area contributed by atoms with Gasteiger partial charge in [0.05, 0.1) is 17.5 Å². The lowest BCUT2D eigenvalue weighted by Gasteiger charge is -2.24. The standard InChI is InChI=1S/C18H20BrN3OS/c1-4-13-14(11-5-7-12(19)8-6-11)15-16(22-18(2,3)9-23)20-10-21-17(15)24-13/h5-8,10,23H,4,9H2,1-3H3,(H,20,21,22). The average molecular weight is 406 g/mol. The molecule has 2 heterocycles. The third kappa shape index (κ3) is 3.31. The number of anilines is 1. The van der Waals surface area contributed by atoms with E-state index in [4.69, 9.17) is 0 Å². The van der Waals surface area contributed by atoms with Crippen LogP contribution < -0.4 is 5.32 Å². The van der Waals surface area contributed by atoms with Crippen molar-refractivity contribution >= 4 is 43.3 Å². The number of thiophene rings is 1. The Kier molecular flexibility index (Phi) is 4.90. The van der Waals surface area contributed by atoms with Crippen LogP contribution >= 0.6 is 27.3 Å². The number of aliphatic hydroxyl groups excluding tert-OH is 1. The van der Waals surface area contributed by atoms with Crippen molar-refractivity contribution in [2.75, 3.05) is 11.9 Å². The van der Waals surface area contributed by atoms with Crippen LogP contribution in [0.2, 0.25) is 0 Å². The predicted octanol–water partition coefficient (Wildman–Crippen LogP) is 4.87. The Hall–Kier alpha value is -1.50. The Morgan fingerprint density at radius 3 is 2.54 bits per heavy atom. The zero-order valence-corrected chi connectivity index (χ0v) is 16.3. The number of rotatable bonds is 5. The van der Waals surface area contributed by atoms with Gasteiger partial charge in [-0.1, -0.05) is 35.0 Å². The molecule has 0 aliphatic heterocycles. The Labute approximate surface area is 154 Å². The molecular formula is C18H20BrN3OS. The largest absolute Gasteiger partial charge is 0.394 e. The summed E-state index contributed by atoms with van der Waals surface area (Å²) in [5, 5.41) is 14.0. The minimum absolute atomic E-state index is 0.0247. The van der Waals surface area contributed by atoms with Crippen molar-refractivity contribution in [3.8, 4) is 11.1 Å². The Morgan fingerprint density at radius 2 is 1.92 bits per heavy atom. The molecule has 0 amide bonds. The maximum atomic E-state index is 9.59. The summed E-state index contributed by atoms with van der Waals surface area (Å²) in [6.07, 6.45) is 2.52. The summed E-state index contributed by atoms with van der Waals surface area (Å²) < 4.78 is 1.06. The van der Waals surface area contributed by atoms with E-state index >= 15 is 0 Å². The number of fused-ring (bicyclic) bond motifs is 1. The zero-order valence-electron chi connectivity index (χ0n) is 13.9. The first-order chi connectivity index (χ1) is 11.4. The molecule has 0 fully saturated rings. The first-order valence-electron chi connectivity index (χ1n) is 7.86. The van der Waals surface area contributed by atoms with E-state index in [1.54, 1.807) is 17.7 Å². The average Bonchev–Trinajstić information content (AvgIpc) is 2.95. The topological polar surface area (TPSA) is 58.0 Å². The van der Waals surface area contributed by atoms with Crippen molar-refractivity contribution in [3.63, 3.8) is 0 Å². The van der Waals surface area contributed by atoms with Crippen LogP contribution in [0.5, 0.6) is 0 Å². The summed E-state index contributed by atoms with van der Waals surface area (Å²) in [5.74, 6) is 0.771. The molecule has 24 heavy (non-hydrogen) atoms. The molecule has 3 rings (SSSR count). The minimum Gasteiger partial charge on any atom is -0.394 e. The van der Waals surface area contributed by atoms with Gasteiger partial charge in [-0.25, -0.2) is 9.97 Å². The Bertz CT molecular complexity index is 859. The van der Waals surface area contributed by atoms with E-state index in [2.05, 4.69) is 50.3 Å². The first-order valence-corrected chi connectivity index (χ1v) is 9.47. The van der Waals surface area contributed by atoms with Crippen molar-refractivity contribution in [3.05, 3.63) is 39.9 Å². The van der Waals surface area contributed by atoms with Crippen molar-refractivity contribution in [1.29, 1.82) is 0 Å². The minimum atomic E-state index is -0.452. The Morgan fingerprint density at radius 1 is 1.21 bits per heavy atom. The van der Waals surface area contributed by atoms with Crippen LogP contribution in [0, 0.1) is 0 Å². The fourth-order valence-electron chi connectivity index (χ4n) is 2.60. The van der Waals surface area contributed by atoms with Gasteiger partial charge in [0.25, 0.3) is 0 Å². The van der Waals surface area contributed by atoms with Crippen LogP contribution in [0.3, 0.4) is 0 Å². The highest BCUT2D eigenvalue weighted by molar-refractivity contribution is 9.10. The molecular weight excluding hydrogens is 386 g/mol. The van der Waals surface area contributed by atoms with E-state index in [9.17, 15) is 5.11 Å². The van der Waals surface area contributed by atoms with Crippen LogP contribution in [-0.2, 0) is 6.42 Å². The third-order valence-corrected chi connectivity index (χ3v) is 5.64. The summed E-state index contributed by atoms with van der Waals surface area (Å²) in [4.78, 5) is 11.2. The third-order valence-electron chi connectivity index (χ3n) is 3.87. The van der Waals surface area contributed by atoms with E-state index in [-0.39, 0.29) is 6.61 Å². The first kappa shape index (κ1) is 17.3. The lowest BCUT2D eigenvalue weighted by atomic mass is 10.0. The quantitative estimate of drug-likeness (QED) is 0.635. The molecule has 3 aromatic rings. The van der Waals surface area contributed by atoms with Gasteiger partial charge in [-0.15, -0.1) is 11.3 Å². The van der Waals surface area contributed by atoms with Crippen LogP contribution in [0.4, 0.5) is 5.82 Å². The molecule has 0 atom stereocenters. The molecule has 0 spiro atoms. The number of nitrogens with zero attached hydrogens (tertiary/aromatic N) is 2. The monoisotopic (exact) mass is 405 g/mol. The molecule has 0 saturated carbocycles. The highest BCUT2D eigenvalue weighted by Crippen LogP contribution is 2.41. The normalized spacial score (nSPS) is 11.9. The van der Waals surface area contributed by atoms with Gasteiger partial charge in [0, 0.05) is 14.9 Å². The zero-order chi connectivity index (χ0) is 17.3. The highest BCUT2D eigenvalue weighted by Gasteiger charge is 2.22. The van der Waals surface area contributed by atoms with E-state index in [0.29, 0.717) is 0 Å². The van der Waals surface area contributed by atoms with E-state index < -0.39 is 5.54 Å². The number of hydrogen-bond donors (Lipinski definition) is 2. The second kappa shape index (κ2) is 6.78. The maximum absolute atomic E-state index is 9.59. The van der Waals surface area contributed by atoms with Crippen LogP contribution in [0.15, 0.2) is 35.1 Å². The lowest BCUT2D eigenvalue weighted by molar-refractivity contribution is 0.234. The molecule has 0 bridgehead atoms. The molecule has 0 aliphatic rings. The van der Waals surface area contributed by atoms with Crippen LogP contribution in [0.25, 0.3) is 21.3 Å². The van der Waals surface area contributed by atoms with Gasteiger partial charge in [0.2, 0.25) is 0 Å². The Balaban J connectivity index is 2.24. The molecule has 2 aromatic heterocycles. The summed E-state index contributed by atoms with van der Waals surface area (Å²) in [5.41, 5.74) is 1.88. The highest BCUT2D eigenvalue weighted by atomic mass is 79.9. The van der Waals surface area contributed by atoms with Gasteiger partial charge in [0.1, 0.15) is 17.0 Å². The van der Waals surface area contributed by atoms with Gasteiger partial charge < -0.3 is 10.4 Å². The number of nitrogens with one attached hydrogen (secondary N) is 1. The number of aromatic nitrogens is 2. The summed E-state index contributed by atoms with van der Waals surface area (Å²) in [6, 6.07) is 8.32. The smallest absolute Gasteiger partial charge is 0.139 e. The molecule has 126 valence electrons. The van der Waals surface area contributed by atoms with Crippen LogP contribution in [-0.4, -0.2) is 27.2 Å². The molecule has 2 N–H and O–H groups in total. The van der Waals surface area contributed by atoms with E-state index in [1.165, 1.54) is 10.4 Å². The molecule has 6 heteroatoms. The second-order valence-electron chi connectivity index (χ2n) is 6.33. The number of aryl methyl sites for hydroxylation is 1. The summed E-state index contributed by atoms with van der Waals surface area (Å²) in [7, 11) is 0. The molecule has 0 saturated heterocycles. The van der Waals surface area contributed by atoms with Crippen LogP contribution in [0.1, 0.15) is 25.6 Å². The van der Waals surface area contributed by atoms with Crippen molar-refractivity contribution in [1.82, 2.24) is 9.97 Å². The van der Waals surface area contributed by atoms with Gasteiger partial charge in [-0.3, -0.25) is 0 Å². The van der Waals surface area contributed by atoms with Gasteiger partial charge in [-0.2, -0.15) is 0 Å². The van der Waals surface area contributed by atoms with Gasteiger partial charge in [0.15, 0.2) is 0 Å². The number of halogens is 1. The summed E-state index contributed by atoms with van der Waals surface area (Å²) >= 11 is 5.20. The number of aliphatic hydroxyl groups is 1. The molecule has 0 unspecified atom stereocenters. The van der Waals surface area contributed by atoms with E-state index in [0.717, 1.165) is 32.5 Å². The maximum Gasteiger partial charge on any atom is 0.139 e. The van der Waals surface area contributed by atoms with Crippen molar-refractivity contribution in [2.24, 2.45) is 0 Å². The second-order valence-corrected chi connectivity index (χ2v) is 8.33. The number of benzene rings is 1. The molecule has 4 nitrogen and oxygen atoms in total. The molecule has 1 aromatic carbocycles. The van der Waals surface area contributed by atoms with E-state index in [1.807, 2.05) is 26.0 Å². The fraction of sp³-hybridized carbons (Fsp3) is 0.333. The SMILES string of the molecule is CCc1sc2ncnc(NC(C)(C)CO)c2c1-c1ccc(Br)cc1. The molecule has 0 radical (unpaired) electrons. The summed E-state index contributed by atoms with van der Waals surface area (Å²) in [6.45, 7) is 6.09. The molecule has 0 aliphatic carbocycles. The van der Waals surface area contributed by atoms with Crippen molar-refractivity contribution in [2.45, 2.75) is 32.7 Å². The lowest BCUT2D eigenvalue weighted by Crippen LogP contribution is -2.35.